The number of rotatable bonds is 0. The van der Waals surface area contributed by atoms with E-state index < -0.39 is 12.2 Å². The van der Waals surface area contributed by atoms with Crippen LogP contribution in [0.15, 0.2) is 0 Å². The lowest BCUT2D eigenvalue weighted by Crippen LogP contribution is -2.49. The van der Waals surface area contributed by atoms with Crippen LogP contribution in [0.2, 0.25) is 0 Å². The number of halogens is 3. The van der Waals surface area contributed by atoms with Gasteiger partial charge in [0.25, 0.3) is 0 Å². The van der Waals surface area contributed by atoms with Gasteiger partial charge >= 0.3 is 6.18 Å². The second kappa shape index (κ2) is 3.01. The van der Waals surface area contributed by atoms with Crippen molar-refractivity contribution in [1.82, 2.24) is 5.32 Å². The van der Waals surface area contributed by atoms with Gasteiger partial charge in [-0.15, -0.1) is 0 Å². The second-order valence-electron chi connectivity index (χ2n) is 3.09. The summed E-state index contributed by atoms with van der Waals surface area (Å²) in [5.74, 6) is -0.274. The Morgan fingerprint density at radius 3 is 2.36 bits per heavy atom. The smallest absolute Gasteiger partial charge is 0.306 e. The van der Waals surface area contributed by atoms with Crippen LogP contribution in [0.5, 0.6) is 0 Å². The summed E-state index contributed by atoms with van der Waals surface area (Å²) in [5, 5.41) is 2.48. The molecule has 66 valence electrons. The highest BCUT2D eigenvalue weighted by molar-refractivity contribution is 4.83. The van der Waals surface area contributed by atoms with Gasteiger partial charge in [0.05, 0.1) is 0 Å². The third-order valence-corrected chi connectivity index (χ3v) is 2.12. The standard InChI is InChI=1S/C7H12F3N/c1-5-3-2-4-11-6(5)7(8,9)10/h5-6,11H,2-4H2,1H3. The normalized spacial score (nSPS) is 33.8. The molecule has 2 atom stereocenters. The molecule has 1 aliphatic rings. The molecule has 0 radical (unpaired) electrons. The molecule has 0 bridgehead atoms. The maximum atomic E-state index is 12.1. The van der Waals surface area contributed by atoms with Crippen molar-refractivity contribution < 1.29 is 13.2 Å². The van der Waals surface area contributed by atoms with Gasteiger partial charge in [-0.05, 0) is 25.3 Å². The average Bonchev–Trinajstić information content (AvgIpc) is 1.86. The first-order valence-corrected chi connectivity index (χ1v) is 3.82. The monoisotopic (exact) mass is 167 g/mol. The summed E-state index contributed by atoms with van der Waals surface area (Å²) in [5.41, 5.74) is 0. The first kappa shape index (κ1) is 8.84. The Labute approximate surface area is 64.0 Å². The molecule has 0 aromatic rings. The minimum Gasteiger partial charge on any atom is -0.306 e. The first-order chi connectivity index (χ1) is 5.02. The summed E-state index contributed by atoms with van der Waals surface area (Å²) < 4.78 is 36.4. The number of nitrogens with one attached hydrogen (secondary N) is 1. The molecule has 0 aliphatic carbocycles. The summed E-state index contributed by atoms with van der Waals surface area (Å²) in [6.07, 6.45) is -2.54. The van der Waals surface area contributed by atoms with Gasteiger partial charge in [0.15, 0.2) is 0 Å². The highest BCUT2D eigenvalue weighted by Crippen LogP contribution is 2.29. The highest BCUT2D eigenvalue weighted by Gasteiger charge is 2.43. The van der Waals surface area contributed by atoms with Crippen LogP contribution in [0.4, 0.5) is 13.2 Å². The third kappa shape index (κ3) is 2.09. The van der Waals surface area contributed by atoms with Crippen molar-refractivity contribution in [3.63, 3.8) is 0 Å². The molecule has 0 aromatic carbocycles. The van der Waals surface area contributed by atoms with Gasteiger partial charge in [-0.3, -0.25) is 0 Å². The van der Waals surface area contributed by atoms with E-state index in [1.165, 1.54) is 0 Å². The van der Waals surface area contributed by atoms with E-state index in [2.05, 4.69) is 5.32 Å². The largest absolute Gasteiger partial charge is 0.404 e. The Kier molecular flexibility index (Phi) is 2.42. The van der Waals surface area contributed by atoms with Crippen molar-refractivity contribution in [2.75, 3.05) is 6.54 Å². The molecular weight excluding hydrogens is 155 g/mol. The molecule has 2 unspecified atom stereocenters. The topological polar surface area (TPSA) is 12.0 Å². The van der Waals surface area contributed by atoms with Gasteiger partial charge in [0, 0.05) is 0 Å². The fourth-order valence-electron chi connectivity index (χ4n) is 1.49. The lowest BCUT2D eigenvalue weighted by molar-refractivity contribution is -0.170. The lowest BCUT2D eigenvalue weighted by atomic mass is 9.92. The minimum absolute atomic E-state index is 0.274. The number of hydrogen-bond acceptors (Lipinski definition) is 1. The molecule has 0 spiro atoms. The van der Waals surface area contributed by atoms with E-state index in [1.54, 1.807) is 6.92 Å². The summed E-state index contributed by atoms with van der Waals surface area (Å²) in [6, 6.07) is -1.28. The van der Waals surface area contributed by atoms with E-state index in [4.69, 9.17) is 0 Å². The van der Waals surface area contributed by atoms with Crippen LogP contribution in [0.25, 0.3) is 0 Å². The van der Waals surface area contributed by atoms with Gasteiger partial charge in [-0.1, -0.05) is 6.92 Å². The Bertz CT molecular complexity index is 132. The Morgan fingerprint density at radius 1 is 1.36 bits per heavy atom. The van der Waals surface area contributed by atoms with Crippen molar-refractivity contribution in [2.24, 2.45) is 5.92 Å². The predicted octanol–water partition coefficient (Wildman–Crippen LogP) is 1.94. The predicted molar refractivity (Wildman–Crippen MR) is 36.2 cm³/mol. The van der Waals surface area contributed by atoms with Gasteiger partial charge in [0.2, 0.25) is 0 Å². The quantitative estimate of drug-likeness (QED) is 0.581. The van der Waals surface area contributed by atoms with Crippen molar-refractivity contribution in [3.05, 3.63) is 0 Å². The highest BCUT2D eigenvalue weighted by atomic mass is 19.4. The van der Waals surface area contributed by atoms with Crippen molar-refractivity contribution >= 4 is 0 Å². The van der Waals surface area contributed by atoms with Crippen LogP contribution < -0.4 is 5.32 Å². The average molecular weight is 167 g/mol. The lowest BCUT2D eigenvalue weighted by Gasteiger charge is -2.31. The van der Waals surface area contributed by atoms with Crippen LogP contribution in [0, 0.1) is 5.92 Å². The van der Waals surface area contributed by atoms with E-state index in [0.717, 1.165) is 6.42 Å². The van der Waals surface area contributed by atoms with Gasteiger partial charge in [-0.25, -0.2) is 0 Å². The van der Waals surface area contributed by atoms with Crippen LogP contribution in [-0.2, 0) is 0 Å². The van der Waals surface area contributed by atoms with E-state index in [9.17, 15) is 13.2 Å². The molecule has 4 heteroatoms. The zero-order chi connectivity index (χ0) is 8.48. The molecule has 1 heterocycles. The van der Waals surface area contributed by atoms with Gasteiger partial charge < -0.3 is 5.32 Å². The summed E-state index contributed by atoms with van der Waals surface area (Å²) in [7, 11) is 0. The molecule has 1 saturated heterocycles. The molecule has 1 nitrogen and oxygen atoms in total. The van der Waals surface area contributed by atoms with E-state index in [-0.39, 0.29) is 5.92 Å². The SMILES string of the molecule is CC1CCCNC1C(F)(F)F. The van der Waals surface area contributed by atoms with Crippen molar-refractivity contribution in [1.29, 1.82) is 0 Å². The third-order valence-electron chi connectivity index (χ3n) is 2.12. The van der Waals surface area contributed by atoms with Crippen molar-refractivity contribution in [2.45, 2.75) is 32.0 Å². The molecule has 0 amide bonds. The molecular formula is C7H12F3N. The molecule has 1 aliphatic heterocycles. The number of piperidine rings is 1. The van der Waals surface area contributed by atoms with Crippen molar-refractivity contribution in [3.8, 4) is 0 Å². The molecule has 1 N–H and O–H groups in total. The Balaban J connectivity index is 2.55. The molecule has 1 rings (SSSR count). The van der Waals surface area contributed by atoms with Crippen LogP contribution in [0.3, 0.4) is 0 Å². The molecule has 0 aromatic heterocycles. The molecule has 0 saturated carbocycles. The fraction of sp³-hybridized carbons (Fsp3) is 1.00. The zero-order valence-corrected chi connectivity index (χ0v) is 6.41. The summed E-state index contributed by atoms with van der Waals surface area (Å²) in [6.45, 7) is 2.14. The molecule has 11 heavy (non-hydrogen) atoms. The first-order valence-electron chi connectivity index (χ1n) is 3.82. The summed E-state index contributed by atoms with van der Waals surface area (Å²) in [4.78, 5) is 0. The zero-order valence-electron chi connectivity index (χ0n) is 6.41. The van der Waals surface area contributed by atoms with E-state index in [0.29, 0.717) is 13.0 Å². The van der Waals surface area contributed by atoms with Crippen LogP contribution in [0.1, 0.15) is 19.8 Å². The van der Waals surface area contributed by atoms with Crippen LogP contribution in [-0.4, -0.2) is 18.8 Å². The number of hydrogen-bond donors (Lipinski definition) is 1. The maximum absolute atomic E-state index is 12.1. The molecule has 1 fully saturated rings. The van der Waals surface area contributed by atoms with E-state index in [1.807, 2.05) is 0 Å². The van der Waals surface area contributed by atoms with Crippen LogP contribution >= 0.6 is 0 Å². The van der Waals surface area contributed by atoms with Gasteiger partial charge in [0.1, 0.15) is 6.04 Å². The second-order valence-corrected chi connectivity index (χ2v) is 3.09. The minimum atomic E-state index is -4.07. The fourth-order valence-corrected chi connectivity index (χ4v) is 1.49. The Hall–Kier alpha value is -0.250. The summed E-state index contributed by atoms with van der Waals surface area (Å²) >= 11 is 0. The maximum Gasteiger partial charge on any atom is 0.404 e. The number of alkyl halides is 3. The Morgan fingerprint density at radius 2 is 2.00 bits per heavy atom. The van der Waals surface area contributed by atoms with E-state index >= 15 is 0 Å². The van der Waals surface area contributed by atoms with Gasteiger partial charge in [-0.2, -0.15) is 13.2 Å².